The van der Waals surface area contributed by atoms with Crippen LogP contribution in [-0.2, 0) is 9.59 Å². The maximum Gasteiger partial charge on any atom is 0.272 e. The Morgan fingerprint density at radius 3 is 2.42 bits per heavy atom. The molecule has 1 unspecified atom stereocenters. The number of amides is 3. The molecule has 0 spiro atoms. The van der Waals surface area contributed by atoms with E-state index in [1.807, 2.05) is 54.6 Å². The quantitative estimate of drug-likeness (QED) is 0.0533. The predicted octanol–water partition coefficient (Wildman–Crippen LogP) is 8.40. The number of nitrogens with zero attached hydrogens (tertiary/aromatic N) is 2. The van der Waals surface area contributed by atoms with Gasteiger partial charge in [0.1, 0.15) is 5.70 Å². The minimum atomic E-state index is -0.530. The van der Waals surface area contributed by atoms with Crippen LogP contribution in [0.4, 0.5) is 16.5 Å². The number of non-ortho nitro benzene ring substituents is 1. The smallest absolute Gasteiger partial charge is 0.272 e. The third-order valence-corrected chi connectivity index (χ3v) is 9.36. The highest BCUT2D eigenvalue weighted by atomic mass is 32.2. The van der Waals surface area contributed by atoms with Gasteiger partial charge in [-0.25, -0.2) is 4.98 Å². The summed E-state index contributed by atoms with van der Waals surface area (Å²) in [4.78, 5) is 55.8. The van der Waals surface area contributed by atoms with Crippen molar-refractivity contribution in [2.45, 2.75) is 17.1 Å². The number of carbonyl (C=O) groups is 3. The van der Waals surface area contributed by atoms with E-state index >= 15 is 0 Å². The van der Waals surface area contributed by atoms with Crippen LogP contribution in [0.25, 0.3) is 28.1 Å². The summed E-state index contributed by atoms with van der Waals surface area (Å²) in [6.45, 7) is 1.75. The van der Waals surface area contributed by atoms with Gasteiger partial charge < -0.3 is 16.0 Å². The van der Waals surface area contributed by atoms with Crippen molar-refractivity contribution in [3.8, 4) is 11.3 Å². The molecule has 50 heavy (non-hydrogen) atoms. The number of carbonyl (C=O) groups excluding carboxylic acids is 3. The maximum atomic E-state index is 13.7. The molecular formula is C38H29N5O5S2. The Bertz CT molecular complexity index is 2250. The molecular weight excluding hydrogens is 671 g/mol. The third-order valence-electron chi connectivity index (χ3n) is 7.51. The van der Waals surface area contributed by atoms with Gasteiger partial charge in [0.25, 0.3) is 17.5 Å². The summed E-state index contributed by atoms with van der Waals surface area (Å²) in [6, 6.07) is 35.4. The van der Waals surface area contributed by atoms with Gasteiger partial charge in [-0.05, 0) is 59.7 Å². The fraction of sp³-hybridized carbons (Fsp3) is 0.0526. The summed E-state index contributed by atoms with van der Waals surface area (Å²) in [5.41, 5.74) is 2.77. The predicted molar refractivity (Wildman–Crippen MR) is 199 cm³/mol. The Morgan fingerprint density at radius 2 is 1.60 bits per heavy atom. The van der Waals surface area contributed by atoms with Crippen LogP contribution in [0.15, 0.2) is 137 Å². The van der Waals surface area contributed by atoms with Gasteiger partial charge in [0, 0.05) is 39.2 Å². The van der Waals surface area contributed by atoms with Crippen molar-refractivity contribution < 1.29 is 19.3 Å². The Hall–Kier alpha value is -6.11. The fourth-order valence-corrected chi connectivity index (χ4v) is 6.68. The second-order valence-electron chi connectivity index (χ2n) is 11.0. The second kappa shape index (κ2) is 15.4. The van der Waals surface area contributed by atoms with Gasteiger partial charge in [0.05, 0.1) is 15.9 Å². The molecule has 5 aromatic carbocycles. The highest BCUT2D eigenvalue weighted by Crippen LogP contribution is 2.30. The average Bonchev–Trinajstić information content (AvgIpc) is 3.60. The first-order valence-corrected chi connectivity index (χ1v) is 17.1. The summed E-state index contributed by atoms with van der Waals surface area (Å²) in [7, 11) is 0. The number of fused-ring (bicyclic) bond motifs is 1. The molecule has 3 N–H and O–H groups in total. The molecule has 0 aliphatic carbocycles. The number of rotatable bonds is 11. The van der Waals surface area contributed by atoms with Gasteiger partial charge in [0.2, 0.25) is 5.91 Å². The lowest BCUT2D eigenvalue weighted by molar-refractivity contribution is -0.384. The molecule has 1 atom stereocenters. The Balaban J connectivity index is 1.15. The van der Waals surface area contributed by atoms with Crippen LogP contribution in [0.3, 0.4) is 0 Å². The number of hydrogen-bond donors (Lipinski definition) is 3. The van der Waals surface area contributed by atoms with Gasteiger partial charge in [-0.2, -0.15) is 0 Å². The van der Waals surface area contributed by atoms with Crippen molar-refractivity contribution in [2.24, 2.45) is 0 Å². The van der Waals surface area contributed by atoms with Gasteiger partial charge in [-0.15, -0.1) is 23.1 Å². The van der Waals surface area contributed by atoms with Gasteiger partial charge >= 0.3 is 0 Å². The Morgan fingerprint density at radius 1 is 0.860 bits per heavy atom. The van der Waals surface area contributed by atoms with E-state index in [1.165, 1.54) is 35.2 Å². The van der Waals surface area contributed by atoms with E-state index in [2.05, 4.69) is 20.9 Å². The van der Waals surface area contributed by atoms with Crippen molar-refractivity contribution in [3.63, 3.8) is 0 Å². The molecule has 248 valence electrons. The number of nitrogens with one attached hydrogen (secondary N) is 3. The van der Waals surface area contributed by atoms with Gasteiger partial charge in [-0.1, -0.05) is 78.9 Å². The van der Waals surface area contributed by atoms with Crippen LogP contribution < -0.4 is 16.0 Å². The maximum absolute atomic E-state index is 13.7. The van der Waals surface area contributed by atoms with Crippen LogP contribution in [0.2, 0.25) is 0 Å². The summed E-state index contributed by atoms with van der Waals surface area (Å²) in [5.74, 6) is -1.22. The first-order chi connectivity index (χ1) is 24.2. The highest BCUT2D eigenvalue weighted by Gasteiger charge is 2.19. The molecule has 0 radical (unpaired) electrons. The van der Waals surface area contributed by atoms with E-state index in [0.717, 1.165) is 21.2 Å². The first-order valence-electron chi connectivity index (χ1n) is 15.4. The zero-order chi connectivity index (χ0) is 35.0. The summed E-state index contributed by atoms with van der Waals surface area (Å²) >= 11 is 2.52. The number of thiazole rings is 1. The van der Waals surface area contributed by atoms with Crippen molar-refractivity contribution in [1.82, 2.24) is 10.3 Å². The van der Waals surface area contributed by atoms with Crippen molar-refractivity contribution in [2.75, 3.05) is 10.6 Å². The molecule has 0 aliphatic rings. The molecule has 1 aromatic heterocycles. The molecule has 0 saturated heterocycles. The molecule has 0 aliphatic heterocycles. The van der Waals surface area contributed by atoms with Crippen LogP contribution >= 0.6 is 23.1 Å². The normalized spacial score (nSPS) is 11.8. The van der Waals surface area contributed by atoms with Crippen LogP contribution in [-0.4, -0.2) is 32.9 Å². The number of nitro benzene ring substituents is 1. The van der Waals surface area contributed by atoms with Gasteiger partial charge in [0.15, 0.2) is 5.13 Å². The lowest BCUT2D eigenvalue weighted by Crippen LogP contribution is -2.30. The van der Waals surface area contributed by atoms with Crippen LogP contribution in [0, 0.1) is 10.1 Å². The molecule has 1 heterocycles. The van der Waals surface area contributed by atoms with Crippen molar-refractivity contribution in [3.05, 3.63) is 154 Å². The molecule has 6 aromatic rings. The minimum absolute atomic E-state index is 0.0430. The summed E-state index contributed by atoms with van der Waals surface area (Å²) < 4.78 is 0. The highest BCUT2D eigenvalue weighted by molar-refractivity contribution is 8.00. The van der Waals surface area contributed by atoms with Crippen LogP contribution in [0.5, 0.6) is 0 Å². The Labute approximate surface area is 295 Å². The van der Waals surface area contributed by atoms with E-state index in [4.69, 9.17) is 0 Å². The van der Waals surface area contributed by atoms with E-state index < -0.39 is 22.0 Å². The molecule has 6 rings (SSSR count). The second-order valence-corrected chi connectivity index (χ2v) is 13.3. The van der Waals surface area contributed by atoms with Crippen molar-refractivity contribution >= 4 is 74.2 Å². The minimum Gasteiger partial charge on any atom is -0.321 e. The van der Waals surface area contributed by atoms with E-state index in [-0.39, 0.29) is 17.3 Å². The van der Waals surface area contributed by atoms with Crippen molar-refractivity contribution in [1.29, 1.82) is 0 Å². The number of nitro groups is 1. The van der Waals surface area contributed by atoms with Gasteiger partial charge in [-0.3, -0.25) is 24.5 Å². The van der Waals surface area contributed by atoms with Crippen LogP contribution in [0.1, 0.15) is 22.8 Å². The summed E-state index contributed by atoms with van der Waals surface area (Å²) in [6.07, 6.45) is 1.66. The van der Waals surface area contributed by atoms with E-state index in [9.17, 15) is 24.5 Å². The zero-order valence-corrected chi connectivity index (χ0v) is 28.2. The molecule has 0 fully saturated rings. The monoisotopic (exact) mass is 699 g/mol. The molecule has 10 nitrogen and oxygen atoms in total. The average molecular weight is 700 g/mol. The largest absolute Gasteiger partial charge is 0.321 e. The molecule has 3 amide bonds. The number of hydrogen-bond acceptors (Lipinski definition) is 8. The summed E-state index contributed by atoms with van der Waals surface area (Å²) in [5, 5.41) is 23.1. The lowest BCUT2D eigenvalue weighted by atomic mass is 10.0. The third kappa shape index (κ3) is 8.29. The molecule has 0 bridgehead atoms. The first kappa shape index (κ1) is 33.8. The van der Waals surface area contributed by atoms with E-state index in [1.54, 1.807) is 73.0 Å². The lowest BCUT2D eigenvalue weighted by Gasteiger charge is -2.14. The van der Waals surface area contributed by atoms with E-state index in [0.29, 0.717) is 27.6 Å². The fourth-order valence-electron chi connectivity index (χ4n) is 5.03. The number of thioether (sulfide) groups is 1. The standard InChI is InChI=1S/C38H29N5O5S2/c1-24(35(44)42-38-41-34(23-49-38)28-15-8-17-30(20-28)43(47)48)50-31-18-9-16-29(22-31)39-37(46)33(40-36(45)26-11-3-2-4-12-26)21-27-14-7-13-25-10-5-6-19-32(25)27/h2-24H,1H3,(H,39,46)(H,40,45)(H,41,42,44)/b33-21+. The number of anilines is 2. The number of aromatic nitrogens is 1. The number of benzene rings is 5. The molecule has 12 heteroatoms. The molecule has 0 saturated carbocycles. The topological polar surface area (TPSA) is 143 Å². The zero-order valence-electron chi connectivity index (χ0n) is 26.5. The SMILES string of the molecule is CC(Sc1cccc(NC(=O)/C(=C\c2cccc3ccccc23)NC(=O)c2ccccc2)c1)C(=O)Nc1nc(-c2cccc([N+](=O)[O-])c2)cs1. The Kier molecular flexibility index (Phi) is 10.4.